The van der Waals surface area contributed by atoms with Gasteiger partial charge < -0.3 is 14.2 Å². The molecule has 1 heterocycles. The summed E-state index contributed by atoms with van der Waals surface area (Å²) in [6.07, 6.45) is -3.84. The largest absolute Gasteiger partial charge is 0.586 e. The van der Waals surface area contributed by atoms with Crippen LogP contribution in [0.3, 0.4) is 0 Å². The number of nitrogens with one attached hydrogen (secondary N) is 1. The first-order valence-corrected chi connectivity index (χ1v) is 8.35. The predicted octanol–water partition coefficient (Wildman–Crippen LogP) is 2.73. The van der Waals surface area contributed by atoms with Crippen molar-refractivity contribution in [2.24, 2.45) is 0 Å². The molecular weight excluding hydrogens is 378 g/mol. The summed E-state index contributed by atoms with van der Waals surface area (Å²) in [4.78, 5) is 9.82. The number of benzene rings is 2. The second-order valence-electron chi connectivity index (χ2n) is 5.03. The monoisotopic (exact) mass is 388 g/mol. The van der Waals surface area contributed by atoms with E-state index in [1.165, 1.54) is 13.2 Å². The van der Waals surface area contributed by atoms with Crippen LogP contribution < -0.4 is 18.9 Å². The minimum atomic E-state index is -4.23. The van der Waals surface area contributed by atoms with E-state index in [-0.39, 0.29) is 22.9 Å². The van der Waals surface area contributed by atoms with Gasteiger partial charge in [0.2, 0.25) is 0 Å². The fraction of sp³-hybridized carbons (Fsp3) is 0.143. The molecule has 12 heteroatoms. The van der Waals surface area contributed by atoms with E-state index in [0.29, 0.717) is 0 Å². The second-order valence-corrected chi connectivity index (χ2v) is 6.71. The first-order chi connectivity index (χ1) is 12.1. The molecule has 0 unspecified atom stereocenters. The number of alkyl halides is 2. The Labute approximate surface area is 145 Å². The van der Waals surface area contributed by atoms with Crippen LogP contribution in [-0.4, -0.2) is 26.7 Å². The van der Waals surface area contributed by atoms with Crippen molar-refractivity contribution in [1.82, 2.24) is 0 Å². The number of hydrogen-bond donors (Lipinski definition) is 1. The topological polar surface area (TPSA) is 117 Å². The van der Waals surface area contributed by atoms with Crippen molar-refractivity contribution < 1.29 is 36.3 Å². The van der Waals surface area contributed by atoms with E-state index < -0.39 is 31.8 Å². The van der Waals surface area contributed by atoms with Gasteiger partial charge >= 0.3 is 12.0 Å². The van der Waals surface area contributed by atoms with Crippen LogP contribution in [0.15, 0.2) is 41.3 Å². The second kappa shape index (κ2) is 5.98. The van der Waals surface area contributed by atoms with Crippen molar-refractivity contribution in [3.8, 4) is 17.2 Å². The number of nitro groups is 1. The maximum atomic E-state index is 13.0. The highest BCUT2D eigenvalue weighted by atomic mass is 32.2. The highest BCUT2D eigenvalue weighted by Gasteiger charge is 2.43. The van der Waals surface area contributed by atoms with Crippen molar-refractivity contribution in [3.63, 3.8) is 0 Å². The summed E-state index contributed by atoms with van der Waals surface area (Å²) in [5.41, 5.74) is -0.635. The fourth-order valence-electron chi connectivity index (χ4n) is 2.21. The Morgan fingerprint density at radius 1 is 1.15 bits per heavy atom. The molecular formula is C14H10F2N2O7S. The fourth-order valence-corrected chi connectivity index (χ4v) is 3.28. The molecule has 9 nitrogen and oxygen atoms in total. The quantitative estimate of drug-likeness (QED) is 0.618. The molecule has 0 saturated carbocycles. The van der Waals surface area contributed by atoms with Gasteiger partial charge in [0.15, 0.2) is 17.2 Å². The van der Waals surface area contributed by atoms with E-state index in [9.17, 15) is 27.3 Å². The Hall–Kier alpha value is -3.15. The summed E-state index contributed by atoms with van der Waals surface area (Å²) in [6.45, 7) is 0. The average Bonchev–Trinajstić information content (AvgIpc) is 2.86. The van der Waals surface area contributed by atoms with Crippen molar-refractivity contribution in [2.45, 2.75) is 11.2 Å². The first-order valence-electron chi connectivity index (χ1n) is 6.86. The summed E-state index contributed by atoms with van der Waals surface area (Å²) in [6, 6.07) is 6.35. The van der Waals surface area contributed by atoms with Crippen LogP contribution in [0.4, 0.5) is 20.2 Å². The normalized spacial score (nSPS) is 14.7. The lowest BCUT2D eigenvalue weighted by Crippen LogP contribution is -2.25. The van der Waals surface area contributed by atoms with Gasteiger partial charge in [-0.2, -0.15) is 0 Å². The molecule has 2 aromatic rings. The number of nitro benzene ring substituents is 1. The van der Waals surface area contributed by atoms with Crippen LogP contribution in [0.2, 0.25) is 0 Å². The Balaban J connectivity index is 1.91. The van der Waals surface area contributed by atoms with Gasteiger partial charge in [0.25, 0.3) is 10.0 Å². The number of methoxy groups -OCH3 is 1. The minimum absolute atomic E-state index is 0.0940. The standard InChI is InChI=1S/C14H10F2N2O7S/c1-23-11-5-3-9(7-10(11)18(19)20)26(21,22)17-8-2-4-12-13(6-8)25-14(15,16)24-12/h2-7,17H,1H3. The zero-order valence-electron chi connectivity index (χ0n) is 12.9. The van der Waals surface area contributed by atoms with E-state index in [1.54, 1.807) is 0 Å². The summed E-state index contributed by atoms with van der Waals surface area (Å²) in [5.74, 6) is -0.715. The average molecular weight is 388 g/mol. The van der Waals surface area contributed by atoms with Crippen LogP contribution >= 0.6 is 0 Å². The van der Waals surface area contributed by atoms with Gasteiger partial charge in [0, 0.05) is 12.1 Å². The maximum Gasteiger partial charge on any atom is 0.586 e. The number of halogens is 2. The predicted molar refractivity (Wildman–Crippen MR) is 83.1 cm³/mol. The molecule has 2 aromatic carbocycles. The molecule has 0 aromatic heterocycles. The maximum absolute atomic E-state index is 13.0. The lowest BCUT2D eigenvalue weighted by atomic mass is 10.3. The lowest BCUT2D eigenvalue weighted by molar-refractivity contribution is -0.386. The molecule has 0 saturated heterocycles. The Morgan fingerprint density at radius 2 is 1.85 bits per heavy atom. The number of anilines is 1. The molecule has 1 aliphatic heterocycles. The third kappa shape index (κ3) is 3.31. The molecule has 0 atom stereocenters. The van der Waals surface area contributed by atoms with Crippen LogP contribution in [0.5, 0.6) is 17.2 Å². The zero-order chi connectivity index (χ0) is 19.1. The van der Waals surface area contributed by atoms with Gasteiger partial charge in [-0.15, -0.1) is 8.78 Å². The third-order valence-electron chi connectivity index (χ3n) is 3.31. The number of rotatable bonds is 5. The van der Waals surface area contributed by atoms with Gasteiger partial charge in [-0.25, -0.2) is 8.42 Å². The summed E-state index contributed by atoms with van der Waals surface area (Å²) < 4.78 is 66.2. The number of nitrogens with zero attached hydrogens (tertiary/aromatic N) is 1. The Morgan fingerprint density at radius 3 is 2.50 bits per heavy atom. The summed E-state index contributed by atoms with van der Waals surface area (Å²) >= 11 is 0. The lowest BCUT2D eigenvalue weighted by Gasteiger charge is -2.09. The van der Waals surface area contributed by atoms with E-state index in [4.69, 9.17) is 4.74 Å². The Kier molecular flexibility index (Phi) is 4.06. The highest BCUT2D eigenvalue weighted by Crippen LogP contribution is 2.42. The smallest absolute Gasteiger partial charge is 0.490 e. The summed E-state index contributed by atoms with van der Waals surface area (Å²) in [5, 5.41) is 11.0. The van der Waals surface area contributed by atoms with Gasteiger partial charge in [-0.05, 0) is 24.3 Å². The molecule has 26 heavy (non-hydrogen) atoms. The van der Waals surface area contributed by atoms with Crippen molar-refractivity contribution >= 4 is 21.4 Å². The SMILES string of the molecule is COc1ccc(S(=O)(=O)Nc2ccc3c(c2)OC(F)(F)O3)cc1[N+](=O)[O-]. The molecule has 1 N–H and O–H groups in total. The van der Waals surface area contributed by atoms with E-state index >= 15 is 0 Å². The molecule has 0 fully saturated rings. The van der Waals surface area contributed by atoms with Crippen LogP contribution in [0.25, 0.3) is 0 Å². The number of hydrogen-bond acceptors (Lipinski definition) is 7. The minimum Gasteiger partial charge on any atom is -0.490 e. The molecule has 138 valence electrons. The third-order valence-corrected chi connectivity index (χ3v) is 4.69. The highest BCUT2D eigenvalue weighted by molar-refractivity contribution is 7.92. The number of ether oxygens (including phenoxy) is 3. The molecule has 0 bridgehead atoms. The molecule has 1 aliphatic rings. The van der Waals surface area contributed by atoms with Gasteiger partial charge in [-0.3, -0.25) is 14.8 Å². The summed E-state index contributed by atoms with van der Waals surface area (Å²) in [7, 11) is -3.03. The Bertz CT molecular complexity index is 995. The molecule has 3 rings (SSSR count). The van der Waals surface area contributed by atoms with E-state index in [0.717, 1.165) is 30.3 Å². The van der Waals surface area contributed by atoms with Gasteiger partial charge in [-0.1, -0.05) is 0 Å². The van der Waals surface area contributed by atoms with Gasteiger partial charge in [0.05, 0.1) is 22.6 Å². The first kappa shape index (κ1) is 17.7. The van der Waals surface area contributed by atoms with Crippen LogP contribution in [-0.2, 0) is 10.0 Å². The molecule has 0 radical (unpaired) electrons. The van der Waals surface area contributed by atoms with Crippen molar-refractivity contribution in [1.29, 1.82) is 0 Å². The van der Waals surface area contributed by atoms with Crippen LogP contribution in [0, 0.1) is 10.1 Å². The number of fused-ring (bicyclic) bond motifs is 1. The van der Waals surface area contributed by atoms with Gasteiger partial charge in [0.1, 0.15) is 0 Å². The zero-order valence-corrected chi connectivity index (χ0v) is 13.7. The van der Waals surface area contributed by atoms with Crippen molar-refractivity contribution in [3.05, 3.63) is 46.5 Å². The number of sulfonamides is 1. The van der Waals surface area contributed by atoms with Crippen LogP contribution in [0.1, 0.15) is 0 Å². The van der Waals surface area contributed by atoms with E-state index in [1.807, 2.05) is 0 Å². The molecule has 0 amide bonds. The molecule has 0 spiro atoms. The van der Waals surface area contributed by atoms with Crippen molar-refractivity contribution in [2.75, 3.05) is 11.8 Å². The molecule has 0 aliphatic carbocycles. The van der Waals surface area contributed by atoms with E-state index in [2.05, 4.69) is 14.2 Å².